The van der Waals surface area contributed by atoms with Gasteiger partial charge in [-0.05, 0) is 0 Å². The van der Waals surface area contributed by atoms with Crippen LogP contribution in [-0.2, 0) is 0 Å². The Hall–Kier alpha value is 0.639. The molecule has 0 atom stereocenters. The normalized spacial score (nSPS) is 17.2. The molecule has 1 rings (SSSR count). The van der Waals surface area contributed by atoms with Gasteiger partial charge >= 0.3 is 57.2 Å². The van der Waals surface area contributed by atoms with Gasteiger partial charge in [0.15, 0.2) is 0 Å². The summed E-state index contributed by atoms with van der Waals surface area (Å²) < 4.78 is 1.38. The van der Waals surface area contributed by atoms with Crippen LogP contribution in [0.2, 0.25) is 0 Å². The zero-order valence-corrected chi connectivity index (χ0v) is 6.81. The molecule has 0 nitrogen and oxygen atoms in total. The number of allylic oxidation sites excluding steroid dienone is 2. The minimum absolute atomic E-state index is 0.639. The van der Waals surface area contributed by atoms with E-state index in [-0.39, 0.29) is 0 Å². The van der Waals surface area contributed by atoms with Crippen molar-refractivity contribution in [3.8, 4) is 0 Å². The van der Waals surface area contributed by atoms with Crippen molar-refractivity contribution in [3.05, 3.63) is 19.6 Å². The first-order valence-electron chi connectivity index (χ1n) is 1.50. The summed E-state index contributed by atoms with van der Waals surface area (Å²) in [6.07, 6.45) is 5.06. The average molecular weight is 256 g/mol. The summed E-state index contributed by atoms with van der Waals surface area (Å²) >= 11 is 2.94. The summed E-state index contributed by atoms with van der Waals surface area (Å²) in [5.74, 6) is 0. The fourth-order valence-electron chi connectivity index (χ4n) is 0.227. The predicted molar refractivity (Wildman–Crippen MR) is 35.7 cm³/mol. The topological polar surface area (TPSA) is 0 Å². The van der Waals surface area contributed by atoms with E-state index in [4.69, 9.17) is 0 Å². The number of hydrogen-bond donors (Lipinski definition) is 0. The average Bonchev–Trinajstić information content (AvgIpc) is 1.86. The van der Waals surface area contributed by atoms with E-state index in [1.165, 1.54) is 2.48 Å². The van der Waals surface area contributed by atoms with Crippen LogP contribution in [0.4, 0.5) is 0 Å². The van der Waals surface area contributed by atoms with Gasteiger partial charge in [-0.3, -0.25) is 0 Å². The molecule has 0 amide bonds. The van der Waals surface area contributed by atoms with E-state index in [9.17, 15) is 0 Å². The fraction of sp³-hybridized carbons (Fsp3) is 0. The van der Waals surface area contributed by atoms with E-state index < -0.39 is 0 Å². The van der Waals surface area contributed by atoms with Crippen LogP contribution in [0.3, 0.4) is 0 Å². The van der Waals surface area contributed by atoms with Gasteiger partial charge in [0.1, 0.15) is 0 Å². The Balaban J connectivity index is 2.61. The number of halogens is 1. The molecule has 0 radical (unpaired) electrons. The molecular formula is C4H2ISe+. The molecule has 0 aromatic carbocycles. The maximum atomic E-state index is 3.07. The van der Waals surface area contributed by atoms with E-state index in [1.807, 2.05) is 6.08 Å². The van der Waals surface area contributed by atoms with Crippen molar-refractivity contribution >= 4 is 37.5 Å². The van der Waals surface area contributed by atoms with Crippen LogP contribution in [0.15, 0.2) is 13.5 Å². The van der Waals surface area contributed by atoms with Crippen LogP contribution in [-0.4, -0.2) is 15.0 Å². The molecule has 0 saturated carbocycles. The van der Waals surface area contributed by atoms with Crippen LogP contribution in [0.25, 0.3) is 0 Å². The third-order valence-electron chi connectivity index (χ3n) is 0.436. The Morgan fingerprint density at radius 3 is 2.83 bits per heavy atom. The molecule has 0 aromatic rings. The van der Waals surface area contributed by atoms with Gasteiger partial charge in [0.05, 0.1) is 0 Å². The molecule has 0 N–H and O–H groups in total. The molecular weight excluding hydrogens is 254 g/mol. The molecule has 0 unspecified atom stereocenters. The molecule has 0 saturated heterocycles. The van der Waals surface area contributed by atoms with Crippen LogP contribution in [0.1, 0.15) is 0 Å². The minimum atomic E-state index is 0.639. The summed E-state index contributed by atoms with van der Waals surface area (Å²) in [7, 11) is 0. The molecule has 0 aliphatic carbocycles. The van der Waals surface area contributed by atoms with E-state index in [0.29, 0.717) is 15.0 Å². The van der Waals surface area contributed by atoms with Gasteiger partial charge < -0.3 is 0 Å². The van der Waals surface area contributed by atoms with E-state index in [0.717, 1.165) is 0 Å². The van der Waals surface area contributed by atoms with Gasteiger partial charge in [-0.15, -0.1) is 0 Å². The molecule has 0 aromatic heterocycles. The summed E-state index contributed by atoms with van der Waals surface area (Å²) in [6, 6.07) is 0. The van der Waals surface area contributed by atoms with E-state index in [1.54, 1.807) is 0 Å². The molecule has 1 heterocycles. The Bertz CT molecular complexity index is 104. The summed E-state index contributed by atoms with van der Waals surface area (Å²) in [4.78, 5) is 2.16. The second kappa shape index (κ2) is 2.08. The quantitative estimate of drug-likeness (QED) is 0.348. The van der Waals surface area contributed by atoms with Crippen molar-refractivity contribution in [1.82, 2.24) is 0 Å². The van der Waals surface area contributed by atoms with Gasteiger partial charge in [0, 0.05) is 0 Å². The van der Waals surface area contributed by atoms with Crippen molar-refractivity contribution in [2.45, 2.75) is 0 Å². The molecule has 0 spiro atoms. The van der Waals surface area contributed by atoms with Gasteiger partial charge in [-0.1, -0.05) is 0 Å². The van der Waals surface area contributed by atoms with Gasteiger partial charge in [0.2, 0.25) is 0 Å². The first-order valence-corrected chi connectivity index (χ1v) is 4.43. The molecule has 1 aliphatic rings. The van der Waals surface area contributed by atoms with Crippen LogP contribution < -0.4 is 0 Å². The summed E-state index contributed by atoms with van der Waals surface area (Å²) in [6.45, 7) is 0. The van der Waals surface area contributed by atoms with E-state index >= 15 is 0 Å². The Labute approximate surface area is 57.0 Å². The standard InChI is InChI=1S/C4H2ISe/c5-4-2-1-3-6-4/h1,3H/q+1. The third kappa shape index (κ3) is 1.05. The van der Waals surface area contributed by atoms with Gasteiger partial charge in [0.25, 0.3) is 0 Å². The molecule has 6 heavy (non-hydrogen) atoms. The van der Waals surface area contributed by atoms with Crippen molar-refractivity contribution < 1.29 is 0 Å². The van der Waals surface area contributed by atoms with Crippen molar-refractivity contribution in [3.63, 3.8) is 0 Å². The second-order valence-corrected chi connectivity index (χ2v) is 5.48. The van der Waals surface area contributed by atoms with Crippen LogP contribution in [0, 0.1) is 6.08 Å². The zero-order valence-electron chi connectivity index (χ0n) is 2.94. The second-order valence-electron chi connectivity index (χ2n) is 0.839. The summed E-state index contributed by atoms with van der Waals surface area (Å²) in [5.41, 5.74) is 0. The summed E-state index contributed by atoms with van der Waals surface area (Å²) in [5, 5.41) is 0. The third-order valence-corrected chi connectivity index (χ3v) is 3.32. The monoisotopic (exact) mass is 257 g/mol. The maximum absolute atomic E-state index is 3.07. The number of rotatable bonds is 0. The van der Waals surface area contributed by atoms with Crippen molar-refractivity contribution in [2.75, 3.05) is 0 Å². The Morgan fingerprint density at radius 1 is 1.83 bits per heavy atom. The van der Waals surface area contributed by atoms with Crippen molar-refractivity contribution in [1.29, 1.82) is 0 Å². The van der Waals surface area contributed by atoms with Crippen molar-refractivity contribution in [2.24, 2.45) is 0 Å². The van der Waals surface area contributed by atoms with Gasteiger partial charge in [-0.2, -0.15) is 0 Å². The zero-order chi connectivity index (χ0) is 4.41. The fourth-order valence-corrected chi connectivity index (χ4v) is 1.99. The van der Waals surface area contributed by atoms with E-state index in [2.05, 4.69) is 33.6 Å². The molecule has 2 heteroatoms. The molecule has 30 valence electrons. The predicted octanol–water partition coefficient (Wildman–Crippen LogP) is 1.30. The molecule has 1 aliphatic heterocycles. The molecule has 0 fully saturated rings. The number of hydrogen-bond acceptors (Lipinski definition) is 0. The molecule has 0 bridgehead atoms. The first-order chi connectivity index (χ1) is 2.89. The first kappa shape index (κ1) is 4.79. The Morgan fingerprint density at radius 2 is 2.67 bits per heavy atom. The Kier molecular flexibility index (Phi) is 1.66. The SMILES string of the molecule is IC1=[C+]C=C[Se]1. The van der Waals surface area contributed by atoms with Gasteiger partial charge in [-0.25, -0.2) is 0 Å². The van der Waals surface area contributed by atoms with Crippen LogP contribution >= 0.6 is 22.6 Å². The van der Waals surface area contributed by atoms with Crippen LogP contribution in [0.5, 0.6) is 0 Å².